The van der Waals surface area contributed by atoms with Crippen LogP contribution in [0.3, 0.4) is 0 Å². The molecule has 0 spiro atoms. The van der Waals surface area contributed by atoms with Gasteiger partial charge in [-0.05, 0) is 31.4 Å². The van der Waals surface area contributed by atoms with Gasteiger partial charge in [-0.15, -0.1) is 0 Å². The predicted octanol–water partition coefficient (Wildman–Crippen LogP) is 1.21. The first-order valence-electron chi connectivity index (χ1n) is 7.21. The molecule has 2 N–H and O–H groups in total. The van der Waals surface area contributed by atoms with Crippen molar-refractivity contribution in [3.63, 3.8) is 0 Å². The summed E-state index contributed by atoms with van der Waals surface area (Å²) in [4.78, 5) is 16.2. The fraction of sp³-hybridized carbons (Fsp3) is 0.571. The number of hydrogen-bond donors (Lipinski definition) is 2. The molecule has 6 nitrogen and oxygen atoms in total. The van der Waals surface area contributed by atoms with E-state index in [4.69, 9.17) is 0 Å². The molecule has 2 heterocycles. The molecular formula is C14H21N3O3S. The summed E-state index contributed by atoms with van der Waals surface area (Å²) in [6.07, 6.45) is 3.92. The first-order valence-corrected chi connectivity index (χ1v) is 9.03. The van der Waals surface area contributed by atoms with E-state index in [0.717, 1.165) is 18.7 Å². The smallest absolute Gasteiger partial charge is 0.270 e. The van der Waals surface area contributed by atoms with E-state index in [2.05, 4.69) is 22.5 Å². The van der Waals surface area contributed by atoms with Gasteiger partial charge >= 0.3 is 0 Å². The van der Waals surface area contributed by atoms with Crippen LogP contribution in [0, 0.1) is 0 Å². The van der Waals surface area contributed by atoms with Crippen LogP contribution < -0.4 is 10.6 Å². The van der Waals surface area contributed by atoms with Gasteiger partial charge < -0.3 is 10.6 Å². The average Bonchev–Trinajstić information content (AvgIpc) is 2.44. The van der Waals surface area contributed by atoms with Crippen molar-refractivity contribution in [1.82, 2.24) is 10.3 Å². The van der Waals surface area contributed by atoms with Gasteiger partial charge in [-0.25, -0.2) is 13.4 Å². The van der Waals surface area contributed by atoms with Gasteiger partial charge in [0.2, 0.25) is 0 Å². The van der Waals surface area contributed by atoms with Crippen LogP contribution in [-0.2, 0) is 9.84 Å². The number of carbonyl (C=O) groups excluding carboxylic acids is 1. The topological polar surface area (TPSA) is 88.2 Å². The molecule has 2 rings (SSSR count). The Morgan fingerprint density at radius 3 is 2.86 bits per heavy atom. The maximum absolute atomic E-state index is 12.1. The number of pyridine rings is 1. The standard InChI is InChI=1S/C14H21N3O3S/c1-2-7-15-11-5-6-13(16-9-11)14(18)17-12-4-3-8-21(19,20)10-12/h5-6,9,12,15H,2-4,7-8,10H2,1H3,(H,17,18). The summed E-state index contributed by atoms with van der Waals surface area (Å²) in [6.45, 7) is 2.92. The van der Waals surface area contributed by atoms with Crippen molar-refractivity contribution in [2.45, 2.75) is 32.2 Å². The van der Waals surface area contributed by atoms with Crippen molar-refractivity contribution >= 4 is 21.4 Å². The van der Waals surface area contributed by atoms with E-state index >= 15 is 0 Å². The Labute approximate surface area is 125 Å². The molecule has 1 aliphatic heterocycles. The largest absolute Gasteiger partial charge is 0.384 e. The van der Waals surface area contributed by atoms with E-state index in [-0.39, 0.29) is 23.5 Å². The zero-order valence-corrected chi connectivity index (χ0v) is 12.9. The van der Waals surface area contributed by atoms with Crippen LogP contribution in [0.1, 0.15) is 36.7 Å². The summed E-state index contributed by atoms with van der Waals surface area (Å²) in [5, 5.41) is 5.93. The van der Waals surface area contributed by atoms with E-state index < -0.39 is 9.84 Å². The van der Waals surface area contributed by atoms with Crippen molar-refractivity contribution in [2.75, 3.05) is 23.4 Å². The van der Waals surface area contributed by atoms with E-state index in [0.29, 0.717) is 18.5 Å². The van der Waals surface area contributed by atoms with Crippen LogP contribution in [-0.4, -0.2) is 43.4 Å². The van der Waals surface area contributed by atoms with E-state index in [9.17, 15) is 13.2 Å². The molecule has 0 aromatic carbocycles. The third-order valence-corrected chi connectivity index (χ3v) is 5.19. The molecule has 7 heteroatoms. The first-order chi connectivity index (χ1) is 10.00. The molecule has 1 aliphatic rings. The van der Waals surface area contributed by atoms with E-state index in [1.165, 1.54) is 0 Å². The Morgan fingerprint density at radius 1 is 1.43 bits per heavy atom. The number of hydrogen-bond acceptors (Lipinski definition) is 5. The minimum atomic E-state index is -3.02. The minimum absolute atomic E-state index is 0.0227. The maximum Gasteiger partial charge on any atom is 0.270 e. The minimum Gasteiger partial charge on any atom is -0.384 e. The average molecular weight is 311 g/mol. The lowest BCUT2D eigenvalue weighted by atomic mass is 10.2. The Kier molecular flexibility index (Phi) is 5.17. The highest BCUT2D eigenvalue weighted by molar-refractivity contribution is 7.91. The van der Waals surface area contributed by atoms with Gasteiger partial charge in [0, 0.05) is 12.6 Å². The summed E-state index contributed by atoms with van der Waals surface area (Å²) >= 11 is 0. The molecule has 0 saturated carbocycles. The van der Waals surface area contributed by atoms with Gasteiger partial charge in [0.25, 0.3) is 5.91 Å². The Bertz CT molecular complexity index is 584. The van der Waals surface area contributed by atoms with Crippen molar-refractivity contribution in [3.05, 3.63) is 24.0 Å². The molecule has 1 unspecified atom stereocenters. The first kappa shape index (κ1) is 15.8. The Hall–Kier alpha value is -1.63. The third kappa shape index (κ3) is 4.70. The second-order valence-corrected chi connectivity index (χ2v) is 7.51. The Morgan fingerprint density at radius 2 is 2.24 bits per heavy atom. The lowest BCUT2D eigenvalue weighted by Crippen LogP contribution is -2.43. The maximum atomic E-state index is 12.1. The molecule has 21 heavy (non-hydrogen) atoms. The van der Waals surface area contributed by atoms with Crippen LogP contribution in [0.25, 0.3) is 0 Å². The normalized spacial score (nSPS) is 20.7. The molecule has 0 radical (unpaired) electrons. The number of nitrogens with zero attached hydrogens (tertiary/aromatic N) is 1. The molecule has 1 amide bonds. The molecule has 1 aromatic rings. The SMILES string of the molecule is CCCNc1ccc(C(=O)NC2CCCS(=O)(=O)C2)nc1. The molecular weight excluding hydrogens is 290 g/mol. The highest BCUT2D eigenvalue weighted by Crippen LogP contribution is 2.13. The van der Waals surface area contributed by atoms with Crippen LogP contribution in [0.5, 0.6) is 0 Å². The van der Waals surface area contributed by atoms with Gasteiger partial charge in [-0.3, -0.25) is 4.79 Å². The van der Waals surface area contributed by atoms with E-state index in [1.807, 2.05) is 0 Å². The summed E-state index contributed by atoms with van der Waals surface area (Å²) in [5.41, 5.74) is 1.17. The van der Waals surface area contributed by atoms with Crippen molar-refractivity contribution in [1.29, 1.82) is 0 Å². The summed E-state index contributed by atoms with van der Waals surface area (Å²) in [6, 6.07) is 3.13. The molecule has 116 valence electrons. The number of aromatic nitrogens is 1. The molecule has 1 atom stereocenters. The highest BCUT2D eigenvalue weighted by atomic mass is 32.2. The monoisotopic (exact) mass is 311 g/mol. The second kappa shape index (κ2) is 6.89. The summed E-state index contributed by atoms with van der Waals surface area (Å²) < 4.78 is 23.1. The second-order valence-electron chi connectivity index (χ2n) is 5.29. The lowest BCUT2D eigenvalue weighted by Gasteiger charge is -2.22. The Balaban J connectivity index is 1.94. The van der Waals surface area contributed by atoms with Crippen LogP contribution in [0.15, 0.2) is 18.3 Å². The molecule has 0 aliphatic carbocycles. The zero-order chi connectivity index (χ0) is 15.3. The van der Waals surface area contributed by atoms with Crippen molar-refractivity contribution in [2.24, 2.45) is 0 Å². The predicted molar refractivity (Wildman–Crippen MR) is 82.2 cm³/mol. The third-order valence-electron chi connectivity index (χ3n) is 3.37. The number of carbonyl (C=O) groups is 1. The molecule has 1 saturated heterocycles. The molecule has 1 aromatic heterocycles. The summed E-state index contributed by atoms with van der Waals surface area (Å²) in [5.74, 6) is -0.0799. The van der Waals surface area contributed by atoms with Gasteiger partial charge in [0.1, 0.15) is 5.69 Å². The highest BCUT2D eigenvalue weighted by Gasteiger charge is 2.26. The lowest BCUT2D eigenvalue weighted by molar-refractivity contribution is 0.0933. The summed E-state index contributed by atoms with van der Waals surface area (Å²) in [7, 11) is -3.02. The van der Waals surface area contributed by atoms with Gasteiger partial charge in [-0.2, -0.15) is 0 Å². The van der Waals surface area contributed by atoms with Crippen LogP contribution in [0.2, 0.25) is 0 Å². The fourth-order valence-electron chi connectivity index (χ4n) is 2.30. The number of anilines is 1. The quantitative estimate of drug-likeness (QED) is 0.853. The molecule has 1 fully saturated rings. The van der Waals surface area contributed by atoms with E-state index in [1.54, 1.807) is 18.3 Å². The zero-order valence-electron chi connectivity index (χ0n) is 12.1. The van der Waals surface area contributed by atoms with Crippen LogP contribution in [0.4, 0.5) is 5.69 Å². The number of sulfone groups is 1. The van der Waals surface area contributed by atoms with Gasteiger partial charge in [0.15, 0.2) is 9.84 Å². The van der Waals surface area contributed by atoms with Gasteiger partial charge in [0.05, 0.1) is 23.4 Å². The van der Waals surface area contributed by atoms with Crippen molar-refractivity contribution in [3.8, 4) is 0 Å². The molecule has 0 bridgehead atoms. The van der Waals surface area contributed by atoms with Crippen LogP contribution >= 0.6 is 0 Å². The number of nitrogens with one attached hydrogen (secondary N) is 2. The number of amides is 1. The fourth-order valence-corrected chi connectivity index (χ4v) is 3.93. The number of rotatable bonds is 5. The van der Waals surface area contributed by atoms with Gasteiger partial charge in [-0.1, -0.05) is 6.92 Å². The van der Waals surface area contributed by atoms with Crippen molar-refractivity contribution < 1.29 is 13.2 Å².